The van der Waals surface area contributed by atoms with E-state index in [2.05, 4.69) is 117 Å². The molecule has 0 atom stereocenters. The number of nitrogens with zero attached hydrogens (tertiary/aromatic N) is 4. The van der Waals surface area contributed by atoms with Crippen molar-refractivity contribution in [1.29, 1.82) is 0 Å². The van der Waals surface area contributed by atoms with E-state index in [4.69, 9.17) is 0 Å². The van der Waals surface area contributed by atoms with Crippen molar-refractivity contribution in [2.24, 2.45) is 0 Å². The molecule has 6 aliphatic heterocycles. The van der Waals surface area contributed by atoms with Crippen molar-refractivity contribution < 1.29 is 0 Å². The van der Waals surface area contributed by atoms with E-state index in [0.29, 0.717) is 0 Å². The Labute approximate surface area is 190 Å². The number of rotatable bonds is 0. The lowest BCUT2D eigenvalue weighted by molar-refractivity contribution is 0.322. The summed E-state index contributed by atoms with van der Waals surface area (Å²) in [4.78, 5) is 9.40. The first-order valence-corrected chi connectivity index (χ1v) is 11.4. The van der Waals surface area contributed by atoms with Crippen LogP contribution in [0.3, 0.4) is 0 Å². The third-order valence-corrected chi connectivity index (χ3v) is 6.60. The number of hydrogen-bond acceptors (Lipinski definition) is 4. The van der Waals surface area contributed by atoms with Crippen LogP contribution < -0.4 is 9.80 Å². The van der Waals surface area contributed by atoms with Crippen molar-refractivity contribution in [1.82, 2.24) is 9.80 Å². The minimum absolute atomic E-state index is 0.907. The van der Waals surface area contributed by atoms with E-state index in [1.807, 2.05) is 0 Å². The molecule has 3 aromatic rings. The van der Waals surface area contributed by atoms with Gasteiger partial charge in [-0.3, -0.25) is 0 Å². The molecule has 0 spiro atoms. The van der Waals surface area contributed by atoms with E-state index >= 15 is 0 Å². The van der Waals surface area contributed by atoms with Gasteiger partial charge in [-0.05, 0) is 59.4 Å². The van der Waals surface area contributed by atoms with Crippen molar-refractivity contribution >= 4 is 11.4 Å². The SMILES string of the molecule is C1=CN2CN1CCN1C=CN(C1)c1ccc(cc1)Cc1cccc(c1)Cc1ccc2cc1. The second kappa shape index (κ2) is 8.12. The highest BCUT2D eigenvalue weighted by atomic mass is 15.4. The molecule has 0 amide bonds. The summed E-state index contributed by atoms with van der Waals surface area (Å²) in [5, 5.41) is 0. The fraction of sp³-hybridized carbons (Fsp3) is 0.214. The van der Waals surface area contributed by atoms with Gasteiger partial charge in [0.05, 0.1) is 13.3 Å². The molecule has 6 heterocycles. The van der Waals surface area contributed by atoms with E-state index < -0.39 is 0 Å². The summed E-state index contributed by atoms with van der Waals surface area (Å²) in [5.41, 5.74) is 7.94. The molecular weight excluding hydrogens is 392 g/mol. The lowest BCUT2D eigenvalue weighted by atomic mass is 9.99. The highest BCUT2D eigenvalue weighted by molar-refractivity contribution is 5.53. The molecule has 3 aromatic carbocycles. The van der Waals surface area contributed by atoms with Crippen LogP contribution in [0.25, 0.3) is 0 Å². The Bertz CT molecular complexity index is 1060. The fourth-order valence-corrected chi connectivity index (χ4v) is 4.74. The van der Waals surface area contributed by atoms with Gasteiger partial charge in [-0.15, -0.1) is 0 Å². The summed E-state index contributed by atoms with van der Waals surface area (Å²) < 4.78 is 0. The smallest absolute Gasteiger partial charge is 0.0942 e. The van der Waals surface area contributed by atoms with Gasteiger partial charge in [-0.25, -0.2) is 0 Å². The molecule has 9 rings (SSSR count). The van der Waals surface area contributed by atoms with Crippen molar-refractivity contribution in [2.45, 2.75) is 12.8 Å². The molecule has 0 aliphatic carbocycles. The molecule has 10 bridgehead atoms. The van der Waals surface area contributed by atoms with Gasteiger partial charge in [0.1, 0.15) is 0 Å². The predicted octanol–water partition coefficient (Wildman–Crippen LogP) is 4.98. The zero-order valence-electron chi connectivity index (χ0n) is 18.3. The monoisotopic (exact) mass is 420 g/mol. The second-order valence-electron chi connectivity index (χ2n) is 8.95. The van der Waals surface area contributed by atoms with E-state index in [1.54, 1.807) is 0 Å². The summed E-state index contributed by atoms with van der Waals surface area (Å²) in [6.07, 6.45) is 10.7. The summed E-state index contributed by atoms with van der Waals surface area (Å²) >= 11 is 0. The van der Waals surface area contributed by atoms with Crippen molar-refractivity contribution in [3.63, 3.8) is 0 Å². The summed E-state index contributed by atoms with van der Waals surface area (Å²) in [7, 11) is 0. The van der Waals surface area contributed by atoms with Crippen LogP contribution in [0.5, 0.6) is 0 Å². The molecule has 4 nitrogen and oxygen atoms in total. The molecule has 0 radical (unpaired) electrons. The van der Waals surface area contributed by atoms with E-state index in [1.165, 1.54) is 33.6 Å². The molecule has 6 aliphatic rings. The van der Waals surface area contributed by atoms with Crippen LogP contribution in [0.2, 0.25) is 0 Å². The van der Waals surface area contributed by atoms with Crippen molar-refractivity contribution in [3.8, 4) is 0 Å². The molecule has 160 valence electrons. The fourth-order valence-electron chi connectivity index (χ4n) is 4.74. The standard InChI is InChI=1S/C28H28N4/c1-2-25-18-23-4-8-27(9-5-23)31-16-14-29(21-31)12-13-30-15-17-32(22-30)28-10-6-24(7-11-28)19-26(3-1)20-25/h1-11,14-17,20H,12-13,18-19,21-22H2. The van der Waals surface area contributed by atoms with Gasteiger partial charge in [-0.2, -0.15) is 0 Å². The van der Waals surface area contributed by atoms with Crippen LogP contribution in [-0.2, 0) is 12.8 Å². The van der Waals surface area contributed by atoms with Crippen LogP contribution in [0, 0.1) is 0 Å². The van der Waals surface area contributed by atoms with E-state index in [9.17, 15) is 0 Å². The number of hydrogen-bond donors (Lipinski definition) is 0. The van der Waals surface area contributed by atoms with E-state index in [0.717, 1.165) is 39.3 Å². The molecule has 32 heavy (non-hydrogen) atoms. The Kier molecular flexibility index (Phi) is 4.83. The lowest BCUT2D eigenvalue weighted by Gasteiger charge is -2.25. The third kappa shape index (κ3) is 3.96. The van der Waals surface area contributed by atoms with Gasteiger partial charge in [0.2, 0.25) is 0 Å². The lowest BCUT2D eigenvalue weighted by Crippen LogP contribution is -2.33. The highest BCUT2D eigenvalue weighted by Crippen LogP contribution is 2.24. The highest BCUT2D eigenvalue weighted by Gasteiger charge is 2.18. The first-order valence-electron chi connectivity index (χ1n) is 11.4. The maximum atomic E-state index is 2.38. The zero-order chi connectivity index (χ0) is 21.3. The van der Waals surface area contributed by atoms with Crippen LogP contribution in [-0.4, -0.2) is 36.2 Å². The van der Waals surface area contributed by atoms with Crippen LogP contribution in [0.15, 0.2) is 97.6 Å². The van der Waals surface area contributed by atoms with Crippen molar-refractivity contribution in [2.75, 3.05) is 36.2 Å². The maximum Gasteiger partial charge on any atom is 0.0942 e. The average Bonchev–Trinajstić information content (AvgIpc) is 3.49. The Morgan fingerprint density at radius 3 is 1.41 bits per heavy atom. The molecule has 0 saturated carbocycles. The van der Waals surface area contributed by atoms with Gasteiger partial charge in [0, 0.05) is 49.3 Å². The normalized spacial score (nSPS) is 17.4. The zero-order valence-corrected chi connectivity index (χ0v) is 18.3. The summed E-state index contributed by atoms with van der Waals surface area (Å²) in [6.45, 7) is 3.84. The van der Waals surface area contributed by atoms with Gasteiger partial charge in [0.25, 0.3) is 0 Å². The number of benzene rings is 3. The van der Waals surface area contributed by atoms with Crippen LogP contribution in [0.1, 0.15) is 22.3 Å². The second-order valence-corrected chi connectivity index (χ2v) is 8.95. The topological polar surface area (TPSA) is 13.0 Å². The molecular formula is C28H28N4. The van der Waals surface area contributed by atoms with Crippen molar-refractivity contribution in [3.05, 3.63) is 120 Å². The molecule has 4 heteroatoms. The van der Waals surface area contributed by atoms with Gasteiger partial charge >= 0.3 is 0 Å². The minimum atomic E-state index is 0.907. The van der Waals surface area contributed by atoms with Crippen LogP contribution >= 0.6 is 0 Å². The molecule has 0 saturated heterocycles. The molecule has 0 N–H and O–H groups in total. The molecule has 0 fully saturated rings. The summed E-state index contributed by atoms with van der Waals surface area (Å²) in [5.74, 6) is 0. The van der Waals surface area contributed by atoms with Gasteiger partial charge < -0.3 is 19.6 Å². The molecule has 0 aromatic heterocycles. The Morgan fingerprint density at radius 2 is 0.938 bits per heavy atom. The third-order valence-electron chi connectivity index (χ3n) is 6.60. The Balaban J connectivity index is 1.30. The van der Waals surface area contributed by atoms with Crippen LogP contribution in [0.4, 0.5) is 11.4 Å². The predicted molar refractivity (Wildman–Crippen MR) is 131 cm³/mol. The Morgan fingerprint density at radius 1 is 0.469 bits per heavy atom. The van der Waals surface area contributed by atoms with Gasteiger partial charge in [0.15, 0.2) is 0 Å². The maximum absolute atomic E-state index is 2.38. The molecule has 0 unspecified atom stereocenters. The van der Waals surface area contributed by atoms with E-state index in [-0.39, 0.29) is 0 Å². The first-order chi connectivity index (χ1) is 15.8. The summed E-state index contributed by atoms with van der Waals surface area (Å²) in [6, 6.07) is 27.1. The van der Waals surface area contributed by atoms with Gasteiger partial charge in [-0.1, -0.05) is 48.5 Å². The number of anilines is 2. The Hall–Kier alpha value is -3.66. The quantitative estimate of drug-likeness (QED) is 0.508. The minimum Gasteiger partial charge on any atom is -0.356 e. The average molecular weight is 421 g/mol. The first kappa shape index (κ1) is 19.1. The largest absolute Gasteiger partial charge is 0.356 e.